The Morgan fingerprint density at radius 1 is 1.38 bits per heavy atom. The van der Waals surface area contributed by atoms with E-state index in [0.717, 1.165) is 22.0 Å². The van der Waals surface area contributed by atoms with Gasteiger partial charge in [0.15, 0.2) is 0 Å². The minimum absolute atomic E-state index is 0.226. The molecule has 112 valence electrons. The van der Waals surface area contributed by atoms with Crippen molar-refractivity contribution in [1.29, 1.82) is 0 Å². The summed E-state index contributed by atoms with van der Waals surface area (Å²) in [5, 5.41) is 4.35. The van der Waals surface area contributed by atoms with Crippen molar-refractivity contribution < 1.29 is 9.13 Å². The Labute approximate surface area is 128 Å². The van der Waals surface area contributed by atoms with E-state index in [0.29, 0.717) is 19.2 Å². The van der Waals surface area contributed by atoms with E-state index in [-0.39, 0.29) is 5.82 Å². The Morgan fingerprint density at radius 3 is 2.86 bits per heavy atom. The fourth-order valence-electron chi connectivity index (χ4n) is 2.11. The van der Waals surface area contributed by atoms with Crippen molar-refractivity contribution in [1.82, 2.24) is 10.3 Å². The Morgan fingerprint density at radius 2 is 2.19 bits per heavy atom. The summed E-state index contributed by atoms with van der Waals surface area (Å²) in [6.45, 7) is 5.13. The predicted octanol–water partition coefficient (Wildman–Crippen LogP) is 3.73. The lowest BCUT2D eigenvalue weighted by atomic mass is 10.2. The van der Waals surface area contributed by atoms with E-state index in [2.05, 4.69) is 17.2 Å². The van der Waals surface area contributed by atoms with E-state index in [9.17, 15) is 4.39 Å². The molecule has 0 saturated heterocycles. The molecular formula is C16H19FN2OS. The number of hydrogen-bond acceptors (Lipinski definition) is 4. The number of rotatable bonds is 6. The molecule has 0 atom stereocenters. The maximum atomic E-state index is 13.4. The van der Waals surface area contributed by atoms with Crippen molar-refractivity contribution in [2.45, 2.75) is 45.9 Å². The molecule has 0 unspecified atom stereocenters. The number of aromatic nitrogens is 1. The Bertz CT molecular complexity index is 618. The molecule has 2 aromatic rings. The molecule has 1 N–H and O–H groups in total. The van der Waals surface area contributed by atoms with Gasteiger partial charge in [0.25, 0.3) is 0 Å². The van der Waals surface area contributed by atoms with Gasteiger partial charge in [-0.15, -0.1) is 11.3 Å². The zero-order valence-electron chi connectivity index (χ0n) is 12.3. The van der Waals surface area contributed by atoms with Gasteiger partial charge in [-0.25, -0.2) is 9.37 Å². The first kappa shape index (κ1) is 14.5. The van der Waals surface area contributed by atoms with Crippen LogP contribution in [0.2, 0.25) is 0 Å². The molecular weight excluding hydrogens is 287 g/mol. The topological polar surface area (TPSA) is 34.1 Å². The third-order valence-corrected chi connectivity index (χ3v) is 4.65. The first-order valence-corrected chi connectivity index (χ1v) is 8.01. The van der Waals surface area contributed by atoms with Crippen LogP contribution in [0.4, 0.5) is 4.39 Å². The monoisotopic (exact) mass is 306 g/mol. The summed E-state index contributed by atoms with van der Waals surface area (Å²) in [5.41, 5.74) is 1.92. The van der Waals surface area contributed by atoms with Gasteiger partial charge in [0.2, 0.25) is 0 Å². The molecule has 0 aliphatic heterocycles. The SMILES string of the molecule is Cc1nc(COc2ccc(F)cc2CNC2CC2)sc1C. The highest BCUT2D eigenvalue weighted by Gasteiger charge is 2.20. The molecule has 1 aromatic carbocycles. The minimum Gasteiger partial charge on any atom is -0.486 e. The van der Waals surface area contributed by atoms with Crippen molar-refractivity contribution in [2.75, 3.05) is 0 Å². The molecule has 0 amide bonds. The first-order valence-electron chi connectivity index (χ1n) is 7.19. The maximum absolute atomic E-state index is 13.4. The van der Waals surface area contributed by atoms with Crippen LogP contribution in [0.1, 0.15) is 34.0 Å². The number of nitrogens with zero attached hydrogens (tertiary/aromatic N) is 1. The van der Waals surface area contributed by atoms with Gasteiger partial charge < -0.3 is 10.1 Å². The molecule has 0 radical (unpaired) electrons. The summed E-state index contributed by atoms with van der Waals surface area (Å²) in [5.74, 6) is 0.506. The van der Waals surface area contributed by atoms with Crippen LogP contribution in [-0.4, -0.2) is 11.0 Å². The lowest BCUT2D eigenvalue weighted by Crippen LogP contribution is -2.16. The van der Waals surface area contributed by atoms with Crippen molar-refractivity contribution in [3.63, 3.8) is 0 Å². The number of thiazole rings is 1. The fraction of sp³-hybridized carbons (Fsp3) is 0.438. The molecule has 0 bridgehead atoms. The smallest absolute Gasteiger partial charge is 0.140 e. The van der Waals surface area contributed by atoms with Gasteiger partial charge in [-0.2, -0.15) is 0 Å². The zero-order chi connectivity index (χ0) is 14.8. The molecule has 1 aromatic heterocycles. The molecule has 1 heterocycles. The molecule has 1 aliphatic rings. The van der Waals surface area contributed by atoms with Crippen LogP contribution in [-0.2, 0) is 13.2 Å². The van der Waals surface area contributed by atoms with Crippen LogP contribution >= 0.6 is 11.3 Å². The predicted molar refractivity (Wildman–Crippen MR) is 82.2 cm³/mol. The van der Waals surface area contributed by atoms with Gasteiger partial charge in [-0.3, -0.25) is 0 Å². The molecule has 3 rings (SSSR count). The fourth-order valence-corrected chi connectivity index (χ4v) is 2.96. The summed E-state index contributed by atoms with van der Waals surface area (Å²) >= 11 is 1.65. The second kappa shape index (κ2) is 6.12. The van der Waals surface area contributed by atoms with Crippen LogP contribution in [0.3, 0.4) is 0 Å². The van der Waals surface area contributed by atoms with Crippen LogP contribution in [0, 0.1) is 19.7 Å². The summed E-state index contributed by atoms with van der Waals surface area (Å²) in [6.07, 6.45) is 2.42. The van der Waals surface area contributed by atoms with E-state index >= 15 is 0 Å². The van der Waals surface area contributed by atoms with E-state index in [4.69, 9.17) is 4.74 Å². The van der Waals surface area contributed by atoms with Gasteiger partial charge in [0, 0.05) is 23.0 Å². The number of aryl methyl sites for hydroxylation is 2. The number of nitrogens with one attached hydrogen (secondary N) is 1. The van der Waals surface area contributed by atoms with Crippen LogP contribution < -0.4 is 10.1 Å². The Hall–Kier alpha value is -1.46. The first-order chi connectivity index (χ1) is 10.1. The van der Waals surface area contributed by atoms with Crippen molar-refractivity contribution in [3.05, 3.63) is 45.2 Å². The second-order valence-electron chi connectivity index (χ2n) is 5.45. The van der Waals surface area contributed by atoms with Crippen molar-refractivity contribution >= 4 is 11.3 Å². The quantitative estimate of drug-likeness (QED) is 0.883. The van der Waals surface area contributed by atoms with Gasteiger partial charge in [0.1, 0.15) is 23.2 Å². The van der Waals surface area contributed by atoms with E-state index in [1.165, 1.54) is 23.8 Å². The molecule has 3 nitrogen and oxygen atoms in total. The van der Waals surface area contributed by atoms with E-state index in [1.807, 2.05) is 6.92 Å². The number of ether oxygens (including phenoxy) is 1. The van der Waals surface area contributed by atoms with Crippen molar-refractivity contribution in [2.24, 2.45) is 0 Å². The molecule has 5 heteroatoms. The highest BCUT2D eigenvalue weighted by molar-refractivity contribution is 7.11. The lowest BCUT2D eigenvalue weighted by molar-refractivity contribution is 0.300. The van der Waals surface area contributed by atoms with Gasteiger partial charge in [-0.1, -0.05) is 0 Å². The number of benzene rings is 1. The standard InChI is InChI=1S/C16H19FN2OS/c1-10-11(2)21-16(19-10)9-20-15-6-3-13(17)7-12(15)8-18-14-4-5-14/h3,6-7,14,18H,4-5,8-9H2,1-2H3. The third kappa shape index (κ3) is 3.80. The molecule has 0 spiro atoms. The average Bonchev–Trinajstić information content (AvgIpc) is 3.22. The summed E-state index contributed by atoms with van der Waals surface area (Å²) in [4.78, 5) is 5.67. The summed E-state index contributed by atoms with van der Waals surface area (Å²) in [7, 11) is 0. The summed E-state index contributed by atoms with van der Waals surface area (Å²) in [6, 6.07) is 5.27. The van der Waals surface area contributed by atoms with Crippen LogP contribution in [0.5, 0.6) is 5.75 Å². The summed E-state index contributed by atoms with van der Waals surface area (Å²) < 4.78 is 19.3. The van der Waals surface area contributed by atoms with Gasteiger partial charge >= 0.3 is 0 Å². The maximum Gasteiger partial charge on any atom is 0.140 e. The largest absolute Gasteiger partial charge is 0.486 e. The van der Waals surface area contributed by atoms with Crippen molar-refractivity contribution in [3.8, 4) is 5.75 Å². The lowest BCUT2D eigenvalue weighted by Gasteiger charge is -2.11. The normalized spacial score (nSPS) is 14.4. The van der Waals surface area contributed by atoms with Crippen LogP contribution in [0.15, 0.2) is 18.2 Å². The Balaban J connectivity index is 1.67. The third-order valence-electron chi connectivity index (χ3n) is 3.61. The highest BCUT2D eigenvalue weighted by Crippen LogP contribution is 2.25. The van der Waals surface area contributed by atoms with Crippen LogP contribution in [0.25, 0.3) is 0 Å². The Kier molecular flexibility index (Phi) is 4.22. The number of halogens is 1. The minimum atomic E-state index is -0.226. The average molecular weight is 306 g/mol. The van der Waals surface area contributed by atoms with Gasteiger partial charge in [-0.05, 0) is 44.9 Å². The molecule has 21 heavy (non-hydrogen) atoms. The van der Waals surface area contributed by atoms with Gasteiger partial charge in [0.05, 0.1) is 5.69 Å². The van der Waals surface area contributed by atoms with E-state index < -0.39 is 0 Å². The molecule has 1 aliphatic carbocycles. The second-order valence-corrected chi connectivity index (χ2v) is 6.73. The zero-order valence-corrected chi connectivity index (χ0v) is 13.1. The highest BCUT2D eigenvalue weighted by atomic mass is 32.1. The molecule has 1 saturated carbocycles. The van der Waals surface area contributed by atoms with E-state index in [1.54, 1.807) is 23.5 Å². The number of hydrogen-bond donors (Lipinski definition) is 1. The molecule has 1 fully saturated rings.